The van der Waals surface area contributed by atoms with Gasteiger partial charge in [-0.2, -0.15) is 0 Å². The van der Waals surface area contributed by atoms with E-state index in [1.165, 1.54) is 12.1 Å². The Labute approximate surface area is 146 Å². The van der Waals surface area contributed by atoms with Gasteiger partial charge in [-0.25, -0.2) is 4.39 Å². The molecule has 0 unspecified atom stereocenters. The molecule has 1 aliphatic heterocycles. The van der Waals surface area contributed by atoms with E-state index in [1.54, 1.807) is 24.1 Å². The van der Waals surface area contributed by atoms with Gasteiger partial charge in [0, 0.05) is 20.0 Å². The first-order valence-corrected chi connectivity index (χ1v) is 8.30. The summed E-state index contributed by atoms with van der Waals surface area (Å²) in [6, 6.07) is 13.5. The van der Waals surface area contributed by atoms with Gasteiger partial charge in [-0.3, -0.25) is 9.59 Å². The van der Waals surface area contributed by atoms with Crippen LogP contribution in [0.5, 0.6) is 0 Å². The Kier molecular flexibility index (Phi) is 4.83. The number of hydrogen-bond acceptors (Lipinski definition) is 2. The molecule has 1 saturated heterocycles. The first-order valence-electron chi connectivity index (χ1n) is 8.30. The molecule has 0 saturated carbocycles. The Bertz CT molecular complexity index is 789. The maximum absolute atomic E-state index is 13.2. The van der Waals surface area contributed by atoms with Crippen LogP contribution in [0.3, 0.4) is 0 Å². The van der Waals surface area contributed by atoms with Gasteiger partial charge >= 0.3 is 0 Å². The Balaban J connectivity index is 1.75. The maximum Gasteiger partial charge on any atom is 0.226 e. The van der Waals surface area contributed by atoms with Crippen LogP contribution in [0.25, 0.3) is 0 Å². The number of benzene rings is 2. The van der Waals surface area contributed by atoms with E-state index >= 15 is 0 Å². The second kappa shape index (κ2) is 7.05. The van der Waals surface area contributed by atoms with Crippen LogP contribution in [0, 0.1) is 18.7 Å². The van der Waals surface area contributed by atoms with Gasteiger partial charge in [-0.05, 0) is 30.2 Å². The Morgan fingerprint density at radius 1 is 1.24 bits per heavy atom. The molecule has 1 N–H and O–H groups in total. The minimum absolute atomic E-state index is 0.0787. The molecule has 2 amide bonds. The highest BCUT2D eigenvalue weighted by molar-refractivity contribution is 5.90. The lowest BCUT2D eigenvalue weighted by Gasteiger charge is -2.25. The number of aryl methyl sites for hydroxylation is 1. The number of rotatable bonds is 4. The van der Waals surface area contributed by atoms with Gasteiger partial charge in [-0.15, -0.1) is 0 Å². The van der Waals surface area contributed by atoms with E-state index in [2.05, 4.69) is 5.32 Å². The maximum atomic E-state index is 13.2. The SMILES string of the molecule is Cc1cccc(CNC(=O)[C@@H]2CC(=O)N(C)[C@H]2c2ccc(F)cc2)c1. The van der Waals surface area contributed by atoms with E-state index in [4.69, 9.17) is 0 Å². The standard InChI is InChI=1S/C20H21FN2O2/c1-13-4-3-5-14(10-13)12-22-20(25)17-11-18(24)23(2)19(17)15-6-8-16(21)9-7-15/h3-10,17,19H,11-12H2,1-2H3,(H,22,25)/t17-,19+/m1/s1. The topological polar surface area (TPSA) is 49.4 Å². The molecule has 25 heavy (non-hydrogen) atoms. The summed E-state index contributed by atoms with van der Waals surface area (Å²) in [5, 5.41) is 2.93. The van der Waals surface area contributed by atoms with Crippen molar-refractivity contribution in [2.24, 2.45) is 5.92 Å². The molecule has 2 aromatic carbocycles. The average Bonchev–Trinajstić information content (AvgIpc) is 2.89. The number of nitrogens with one attached hydrogen (secondary N) is 1. The highest BCUT2D eigenvalue weighted by Crippen LogP contribution is 2.37. The smallest absolute Gasteiger partial charge is 0.226 e. The van der Waals surface area contributed by atoms with E-state index in [0.29, 0.717) is 6.54 Å². The van der Waals surface area contributed by atoms with Crippen molar-refractivity contribution >= 4 is 11.8 Å². The van der Waals surface area contributed by atoms with Crippen LogP contribution in [0.15, 0.2) is 48.5 Å². The average molecular weight is 340 g/mol. The normalized spacial score (nSPS) is 20.0. The predicted octanol–water partition coefficient (Wildman–Crippen LogP) is 2.97. The van der Waals surface area contributed by atoms with Gasteiger partial charge in [0.25, 0.3) is 0 Å². The van der Waals surface area contributed by atoms with E-state index in [1.807, 2.05) is 31.2 Å². The van der Waals surface area contributed by atoms with Crippen LogP contribution in [0.1, 0.15) is 29.2 Å². The highest BCUT2D eigenvalue weighted by atomic mass is 19.1. The monoisotopic (exact) mass is 340 g/mol. The van der Waals surface area contributed by atoms with Crippen molar-refractivity contribution in [3.8, 4) is 0 Å². The van der Waals surface area contributed by atoms with E-state index in [0.717, 1.165) is 16.7 Å². The Hall–Kier alpha value is -2.69. The van der Waals surface area contributed by atoms with Crippen LogP contribution in [0.2, 0.25) is 0 Å². The van der Waals surface area contributed by atoms with Gasteiger partial charge < -0.3 is 10.2 Å². The lowest BCUT2D eigenvalue weighted by Crippen LogP contribution is -2.34. The summed E-state index contributed by atoms with van der Waals surface area (Å²) in [6.45, 7) is 2.42. The molecule has 0 aliphatic carbocycles. The molecule has 2 atom stereocenters. The quantitative estimate of drug-likeness (QED) is 0.930. The highest BCUT2D eigenvalue weighted by Gasteiger charge is 2.42. The zero-order chi connectivity index (χ0) is 18.0. The van der Waals surface area contributed by atoms with Gasteiger partial charge in [0.2, 0.25) is 11.8 Å². The third kappa shape index (κ3) is 3.71. The minimum Gasteiger partial charge on any atom is -0.352 e. The lowest BCUT2D eigenvalue weighted by atomic mass is 9.93. The lowest BCUT2D eigenvalue weighted by molar-refractivity contribution is -0.128. The van der Waals surface area contributed by atoms with Crippen molar-refractivity contribution in [3.05, 3.63) is 71.0 Å². The number of halogens is 1. The molecule has 0 spiro atoms. The largest absolute Gasteiger partial charge is 0.352 e. The first kappa shape index (κ1) is 17.1. The molecule has 0 radical (unpaired) electrons. The summed E-state index contributed by atoms with van der Waals surface area (Å²) in [5.41, 5.74) is 2.92. The number of carbonyl (C=O) groups is 2. The fourth-order valence-corrected chi connectivity index (χ4v) is 3.36. The molecule has 2 aromatic rings. The Morgan fingerprint density at radius 2 is 1.96 bits per heavy atom. The predicted molar refractivity (Wildman–Crippen MR) is 93.0 cm³/mol. The van der Waals surface area contributed by atoms with Crippen LogP contribution in [-0.4, -0.2) is 23.8 Å². The minimum atomic E-state index is -0.479. The van der Waals surface area contributed by atoms with Crippen LogP contribution >= 0.6 is 0 Å². The zero-order valence-electron chi connectivity index (χ0n) is 14.3. The molecular formula is C20H21FN2O2. The molecule has 1 heterocycles. The van der Waals surface area contributed by atoms with E-state index in [-0.39, 0.29) is 30.1 Å². The van der Waals surface area contributed by atoms with Crippen molar-refractivity contribution in [2.75, 3.05) is 7.05 Å². The number of hydrogen-bond donors (Lipinski definition) is 1. The number of nitrogens with zero attached hydrogens (tertiary/aromatic N) is 1. The second-order valence-electron chi connectivity index (χ2n) is 6.52. The molecule has 3 rings (SSSR count). The van der Waals surface area contributed by atoms with E-state index in [9.17, 15) is 14.0 Å². The summed E-state index contributed by atoms with van der Waals surface area (Å²) in [4.78, 5) is 26.4. The number of amides is 2. The first-order chi connectivity index (χ1) is 12.0. The summed E-state index contributed by atoms with van der Waals surface area (Å²) in [6.07, 6.45) is 0.165. The summed E-state index contributed by atoms with van der Waals surface area (Å²) < 4.78 is 13.2. The van der Waals surface area contributed by atoms with Gasteiger partial charge in [0.15, 0.2) is 0 Å². The van der Waals surface area contributed by atoms with Crippen LogP contribution in [0.4, 0.5) is 4.39 Å². The molecular weight excluding hydrogens is 319 g/mol. The third-order valence-corrected chi connectivity index (χ3v) is 4.68. The number of likely N-dealkylation sites (tertiary alicyclic amines) is 1. The summed E-state index contributed by atoms with van der Waals surface area (Å²) >= 11 is 0. The second-order valence-corrected chi connectivity index (χ2v) is 6.52. The summed E-state index contributed by atoms with van der Waals surface area (Å²) in [7, 11) is 1.68. The molecule has 1 fully saturated rings. The summed E-state index contributed by atoms with van der Waals surface area (Å²) in [5.74, 6) is -1.05. The van der Waals surface area contributed by atoms with Crippen molar-refractivity contribution < 1.29 is 14.0 Å². The fourth-order valence-electron chi connectivity index (χ4n) is 3.36. The molecule has 130 valence electrons. The van der Waals surface area contributed by atoms with Gasteiger partial charge in [0.05, 0.1) is 12.0 Å². The van der Waals surface area contributed by atoms with Gasteiger partial charge in [0.1, 0.15) is 5.82 Å². The van der Waals surface area contributed by atoms with Gasteiger partial charge in [-0.1, -0.05) is 42.0 Å². The molecule has 0 aromatic heterocycles. The number of carbonyl (C=O) groups excluding carboxylic acids is 2. The molecule has 1 aliphatic rings. The Morgan fingerprint density at radius 3 is 2.64 bits per heavy atom. The molecule has 5 heteroatoms. The molecule has 4 nitrogen and oxygen atoms in total. The van der Waals surface area contributed by atoms with Crippen LogP contribution in [-0.2, 0) is 16.1 Å². The fraction of sp³-hybridized carbons (Fsp3) is 0.300. The van der Waals surface area contributed by atoms with Crippen LogP contribution < -0.4 is 5.32 Å². The third-order valence-electron chi connectivity index (χ3n) is 4.68. The van der Waals surface area contributed by atoms with Crippen molar-refractivity contribution in [1.82, 2.24) is 10.2 Å². The zero-order valence-corrected chi connectivity index (χ0v) is 14.3. The van der Waals surface area contributed by atoms with Crippen molar-refractivity contribution in [2.45, 2.75) is 25.9 Å². The van der Waals surface area contributed by atoms with Crippen molar-refractivity contribution in [3.63, 3.8) is 0 Å². The van der Waals surface area contributed by atoms with Crippen molar-refractivity contribution in [1.29, 1.82) is 0 Å². The van der Waals surface area contributed by atoms with E-state index < -0.39 is 5.92 Å². The molecule has 0 bridgehead atoms.